The van der Waals surface area contributed by atoms with Gasteiger partial charge in [0.25, 0.3) is 0 Å². The van der Waals surface area contributed by atoms with Gasteiger partial charge in [-0.25, -0.2) is 4.39 Å². The van der Waals surface area contributed by atoms with Gasteiger partial charge in [-0.15, -0.1) is 0 Å². The molecule has 1 N–H and O–H groups in total. The third-order valence-corrected chi connectivity index (χ3v) is 9.72. The van der Waals surface area contributed by atoms with Crippen molar-refractivity contribution in [2.24, 2.45) is 5.41 Å². The molecule has 9 heteroatoms. The molecule has 0 spiro atoms. The van der Waals surface area contributed by atoms with E-state index in [0.29, 0.717) is 49.2 Å². The molecule has 1 aliphatic carbocycles. The Hall–Kier alpha value is -2.13. The van der Waals surface area contributed by atoms with Gasteiger partial charge in [0.05, 0.1) is 6.10 Å². The average Bonchev–Trinajstić information content (AvgIpc) is 3.29. The molecule has 0 bridgehead atoms. The molecule has 5 nitrogen and oxygen atoms in total. The second-order valence-electron chi connectivity index (χ2n) is 13.3. The van der Waals surface area contributed by atoms with Gasteiger partial charge in [-0.3, -0.25) is 9.69 Å². The van der Waals surface area contributed by atoms with E-state index in [9.17, 15) is 18.7 Å². The number of aliphatic carboxylic acids is 1. The number of nitrogens with zero attached hydrogens (tertiary/aromatic N) is 2. The van der Waals surface area contributed by atoms with Gasteiger partial charge in [0, 0.05) is 11.6 Å². The molecule has 1 aliphatic heterocycles. The molecule has 1 heterocycles. The van der Waals surface area contributed by atoms with Crippen molar-refractivity contribution in [3.8, 4) is 0 Å². The largest absolute Gasteiger partial charge is 0.480 e. The highest BCUT2D eigenvalue weighted by Crippen LogP contribution is 2.41. The summed E-state index contributed by atoms with van der Waals surface area (Å²) in [7, 11) is 1.81. The second kappa shape index (κ2) is 14.8. The quantitative estimate of drug-likeness (QED) is 0.243. The van der Waals surface area contributed by atoms with Crippen LogP contribution in [0.2, 0.25) is 5.02 Å². The Bertz CT molecular complexity index is 1240. The zero-order valence-electron chi connectivity index (χ0n) is 25.8. The summed E-state index contributed by atoms with van der Waals surface area (Å²) < 4.78 is 45.4. The van der Waals surface area contributed by atoms with Crippen LogP contribution < -0.4 is 0 Å². The monoisotopic (exact) mass is 622 g/mol. The first kappa shape index (κ1) is 33.8. The van der Waals surface area contributed by atoms with Gasteiger partial charge in [-0.2, -0.15) is 8.78 Å². The average molecular weight is 623 g/mol. The van der Waals surface area contributed by atoms with Crippen molar-refractivity contribution in [3.63, 3.8) is 0 Å². The van der Waals surface area contributed by atoms with E-state index in [4.69, 9.17) is 16.3 Å². The van der Waals surface area contributed by atoms with Crippen molar-refractivity contribution in [1.82, 2.24) is 9.80 Å². The van der Waals surface area contributed by atoms with E-state index < -0.39 is 24.7 Å². The predicted octanol–water partition coefficient (Wildman–Crippen LogP) is 8.41. The van der Waals surface area contributed by atoms with Crippen molar-refractivity contribution in [1.29, 1.82) is 0 Å². The van der Waals surface area contributed by atoms with Crippen molar-refractivity contribution >= 4 is 17.6 Å². The standard InChI is InChI=1S/C34H46ClF3N2O3/c1-22-6-5-7-27(30(22)24-8-11-26(12-9-24)43-33(37)38)31(32(41)42)39(4)17-14-23(28-20-25(35)10-13-29(28)36)15-18-40-19-16-34(2,3)21-40/h5-7,10,13,20,23-24,26,31,33H,8-9,11-12,14-19,21H2,1-4H3,(H,41,42)/t23-,24?,26?,31?/m1/s1. The molecule has 238 valence electrons. The minimum absolute atomic E-state index is 0.0713. The lowest BCUT2D eigenvalue weighted by Gasteiger charge is -2.34. The maximum Gasteiger partial charge on any atom is 0.345 e. The van der Waals surface area contributed by atoms with Crippen molar-refractivity contribution < 1.29 is 27.8 Å². The molecule has 1 unspecified atom stereocenters. The van der Waals surface area contributed by atoms with E-state index in [-0.39, 0.29) is 23.1 Å². The van der Waals surface area contributed by atoms with E-state index in [2.05, 4.69) is 18.7 Å². The van der Waals surface area contributed by atoms with Crippen LogP contribution in [-0.4, -0.2) is 66.8 Å². The van der Waals surface area contributed by atoms with Gasteiger partial charge in [-0.1, -0.05) is 43.6 Å². The fourth-order valence-electron chi connectivity index (χ4n) is 7.22. The van der Waals surface area contributed by atoms with E-state index in [0.717, 1.165) is 49.2 Å². The number of carboxylic acids is 1. The van der Waals surface area contributed by atoms with Crippen LogP contribution >= 0.6 is 11.6 Å². The van der Waals surface area contributed by atoms with E-state index >= 15 is 4.39 Å². The number of carboxylic acid groups (broad SMARTS) is 1. The van der Waals surface area contributed by atoms with Crippen LogP contribution in [0.25, 0.3) is 0 Å². The number of ether oxygens (including phenoxy) is 1. The predicted molar refractivity (Wildman–Crippen MR) is 164 cm³/mol. The lowest BCUT2D eigenvalue weighted by molar-refractivity contribution is -0.170. The molecular formula is C34H46ClF3N2O3. The number of hydrogen-bond donors (Lipinski definition) is 1. The number of carbonyl (C=O) groups is 1. The van der Waals surface area contributed by atoms with Gasteiger partial charge in [-0.05, 0) is 136 Å². The number of halogens is 4. The van der Waals surface area contributed by atoms with Gasteiger partial charge in [0.2, 0.25) is 0 Å². The SMILES string of the molecule is Cc1cccc(C(C(=O)O)N(C)CC[C@H](CCN2CCC(C)(C)C2)c2cc(Cl)ccc2F)c1C1CCC(OC(F)F)CC1. The van der Waals surface area contributed by atoms with E-state index in [1.165, 1.54) is 6.07 Å². The molecule has 0 amide bonds. The first-order valence-corrected chi connectivity index (χ1v) is 15.9. The third kappa shape index (κ3) is 8.96. The normalized spacial score (nSPS) is 22.3. The third-order valence-electron chi connectivity index (χ3n) is 9.48. The van der Waals surface area contributed by atoms with Crippen LogP contribution in [0.5, 0.6) is 0 Å². The number of likely N-dealkylation sites (N-methyl/N-ethyl adjacent to an activating group) is 1. The molecule has 4 rings (SSSR count). The van der Waals surface area contributed by atoms with Crippen LogP contribution in [0.3, 0.4) is 0 Å². The summed E-state index contributed by atoms with van der Waals surface area (Å²) >= 11 is 6.29. The Morgan fingerprint density at radius 1 is 1.14 bits per heavy atom. The maximum atomic E-state index is 15.1. The highest BCUT2D eigenvalue weighted by Gasteiger charge is 2.34. The zero-order valence-corrected chi connectivity index (χ0v) is 26.6. The lowest BCUT2D eigenvalue weighted by atomic mass is 9.77. The molecule has 2 aromatic carbocycles. The molecule has 2 atom stereocenters. The van der Waals surface area contributed by atoms with Crippen molar-refractivity contribution in [2.45, 2.75) is 96.3 Å². The minimum Gasteiger partial charge on any atom is -0.480 e. The first-order chi connectivity index (χ1) is 20.3. The summed E-state index contributed by atoms with van der Waals surface area (Å²) in [6.45, 7) is 7.04. The maximum absolute atomic E-state index is 15.1. The second-order valence-corrected chi connectivity index (χ2v) is 13.7. The van der Waals surface area contributed by atoms with Gasteiger partial charge in [0.15, 0.2) is 0 Å². The molecule has 2 fully saturated rings. The number of benzene rings is 2. The van der Waals surface area contributed by atoms with Gasteiger partial charge < -0.3 is 14.7 Å². The molecule has 1 saturated heterocycles. The number of rotatable bonds is 13. The number of alkyl halides is 2. The van der Waals surface area contributed by atoms with Crippen molar-refractivity contribution in [3.05, 3.63) is 69.5 Å². The van der Waals surface area contributed by atoms with Gasteiger partial charge >= 0.3 is 12.6 Å². The van der Waals surface area contributed by atoms with Crippen LogP contribution in [-0.2, 0) is 9.53 Å². The van der Waals surface area contributed by atoms with E-state index in [1.54, 1.807) is 12.1 Å². The smallest absolute Gasteiger partial charge is 0.345 e. The molecule has 0 aromatic heterocycles. The molecular weight excluding hydrogens is 577 g/mol. The first-order valence-electron chi connectivity index (χ1n) is 15.5. The molecule has 0 radical (unpaired) electrons. The zero-order chi connectivity index (χ0) is 31.3. The van der Waals surface area contributed by atoms with Crippen LogP contribution in [0.4, 0.5) is 13.2 Å². The Morgan fingerprint density at radius 3 is 2.49 bits per heavy atom. The highest BCUT2D eigenvalue weighted by atomic mass is 35.5. The Morgan fingerprint density at radius 2 is 1.86 bits per heavy atom. The summed E-state index contributed by atoms with van der Waals surface area (Å²) in [6, 6.07) is 9.52. The highest BCUT2D eigenvalue weighted by molar-refractivity contribution is 6.30. The Balaban J connectivity index is 1.52. The van der Waals surface area contributed by atoms with Crippen LogP contribution in [0.1, 0.15) is 98.9 Å². The summed E-state index contributed by atoms with van der Waals surface area (Å²) in [6.07, 6.45) is 4.33. The molecule has 1 saturated carbocycles. The molecule has 2 aromatic rings. The number of likely N-dealkylation sites (tertiary alicyclic amines) is 1. The minimum atomic E-state index is -2.79. The lowest BCUT2D eigenvalue weighted by Crippen LogP contribution is -2.34. The van der Waals surface area contributed by atoms with Crippen LogP contribution in [0, 0.1) is 18.2 Å². The fourth-order valence-corrected chi connectivity index (χ4v) is 7.40. The summed E-state index contributed by atoms with van der Waals surface area (Å²) in [5, 5.41) is 11.0. The molecule has 43 heavy (non-hydrogen) atoms. The summed E-state index contributed by atoms with van der Waals surface area (Å²) in [5.74, 6) is -1.29. The fraction of sp³-hybridized carbons (Fsp3) is 0.618. The number of hydrogen-bond acceptors (Lipinski definition) is 4. The Labute approximate surface area is 259 Å². The van der Waals surface area contributed by atoms with Gasteiger partial charge in [0.1, 0.15) is 11.9 Å². The topological polar surface area (TPSA) is 53.0 Å². The van der Waals surface area contributed by atoms with Crippen molar-refractivity contribution in [2.75, 3.05) is 33.2 Å². The summed E-state index contributed by atoms with van der Waals surface area (Å²) in [4.78, 5) is 17.1. The van der Waals surface area contributed by atoms with E-state index in [1.807, 2.05) is 37.1 Å². The molecule has 2 aliphatic rings. The van der Waals surface area contributed by atoms with Crippen LogP contribution in [0.15, 0.2) is 36.4 Å². The summed E-state index contributed by atoms with van der Waals surface area (Å²) in [5.41, 5.74) is 3.57. The Kier molecular flexibility index (Phi) is 11.6. The number of aryl methyl sites for hydroxylation is 1.